The Bertz CT molecular complexity index is 143. The van der Waals surface area contributed by atoms with Crippen molar-refractivity contribution in [3.8, 4) is 0 Å². The summed E-state index contributed by atoms with van der Waals surface area (Å²) in [6.45, 7) is 0. The first-order valence-corrected chi connectivity index (χ1v) is 2.13. The van der Waals surface area contributed by atoms with Gasteiger partial charge in [0.05, 0.1) is 0 Å². The highest BCUT2D eigenvalue weighted by atomic mass is 19.4. The molecule has 0 N–H and O–H groups in total. The summed E-state index contributed by atoms with van der Waals surface area (Å²) in [4.78, 5) is 0. The minimum absolute atomic E-state index is 0.132. The fourth-order valence-electron chi connectivity index (χ4n) is 0.489. The fraction of sp³-hybridized carbons (Fsp3) is 0.750. The summed E-state index contributed by atoms with van der Waals surface area (Å²) in [7, 11) is 0. The van der Waals surface area contributed by atoms with Crippen molar-refractivity contribution in [3.63, 3.8) is 0 Å². The summed E-state index contributed by atoms with van der Waals surface area (Å²) in [6, 6.07) is 0. The van der Waals surface area contributed by atoms with Crippen LogP contribution in [0, 0.1) is 6.42 Å². The highest BCUT2D eigenvalue weighted by Gasteiger charge is 2.70. The van der Waals surface area contributed by atoms with Crippen molar-refractivity contribution in [2.75, 3.05) is 0 Å². The van der Waals surface area contributed by atoms with Crippen molar-refractivity contribution in [1.29, 1.82) is 0 Å². The van der Waals surface area contributed by atoms with Crippen LogP contribution in [0.15, 0.2) is 0 Å². The lowest BCUT2D eigenvalue weighted by Gasteiger charge is -2.56. The van der Waals surface area contributed by atoms with Crippen LogP contribution < -0.4 is 0 Å². The molecule has 0 heterocycles. The minimum Gasteiger partial charge on any atom is -0.315 e. The maximum atomic E-state index is 11.5. The van der Waals surface area contributed by atoms with Gasteiger partial charge in [0, 0.05) is 0 Å². The molecule has 0 unspecified atom stereocenters. The molecule has 0 spiro atoms. The molecule has 0 aromatic carbocycles. The normalized spacial score (nSPS) is 33.0. The number of hydrogen-bond acceptors (Lipinski definition) is 0. The van der Waals surface area contributed by atoms with Gasteiger partial charge >= 0.3 is 5.92 Å². The third kappa shape index (κ3) is 0.590. The zero-order valence-corrected chi connectivity index (χ0v) is 4.27. The molecule has 6 heteroatoms. The number of alkyl halides is 6. The first kappa shape index (κ1) is 7.68. The molecule has 0 aromatic heterocycles. The summed E-state index contributed by atoms with van der Waals surface area (Å²) in [5.74, 6) is -14.8. The summed E-state index contributed by atoms with van der Waals surface area (Å²) < 4.78 is 68.9. The first-order valence-electron chi connectivity index (χ1n) is 2.13. The van der Waals surface area contributed by atoms with Crippen molar-refractivity contribution < 1.29 is 26.3 Å². The molecular weight excluding hydrogens is 162 g/mol. The second-order valence-corrected chi connectivity index (χ2v) is 1.85. The standard InChI is InChI=1S/C4F6/c5-2(6)1-3(7,8)4(2,9)10/q-1. The lowest BCUT2D eigenvalue weighted by atomic mass is 9.84. The van der Waals surface area contributed by atoms with Gasteiger partial charge in [-0.25, -0.2) is 17.6 Å². The van der Waals surface area contributed by atoms with Gasteiger partial charge in [-0.05, 0) is 0 Å². The molecule has 1 saturated carbocycles. The lowest BCUT2D eigenvalue weighted by molar-refractivity contribution is -0.354. The molecule has 1 radical (unpaired) electrons. The second kappa shape index (κ2) is 1.43. The van der Waals surface area contributed by atoms with E-state index in [1.807, 2.05) is 0 Å². The van der Waals surface area contributed by atoms with Gasteiger partial charge in [0.1, 0.15) is 0 Å². The second-order valence-electron chi connectivity index (χ2n) is 1.85. The van der Waals surface area contributed by atoms with Gasteiger partial charge in [-0.15, -0.1) is 0 Å². The van der Waals surface area contributed by atoms with Crippen molar-refractivity contribution >= 4 is 0 Å². The highest BCUT2D eigenvalue weighted by Crippen LogP contribution is 2.59. The predicted octanol–water partition coefficient (Wildman–Crippen LogP) is 1.99. The summed E-state index contributed by atoms with van der Waals surface area (Å²) >= 11 is 0. The molecule has 0 aromatic rings. The van der Waals surface area contributed by atoms with Crippen molar-refractivity contribution in [2.45, 2.75) is 17.8 Å². The molecule has 0 atom stereocenters. The molecule has 1 rings (SSSR count). The van der Waals surface area contributed by atoms with E-state index in [2.05, 4.69) is 0 Å². The Balaban J connectivity index is 2.85. The smallest absolute Gasteiger partial charge is 0.311 e. The minimum atomic E-state index is -5.26. The molecule has 59 valence electrons. The van der Waals surface area contributed by atoms with E-state index in [4.69, 9.17) is 0 Å². The third-order valence-corrected chi connectivity index (χ3v) is 1.10. The van der Waals surface area contributed by atoms with Crippen LogP contribution in [-0.4, -0.2) is 17.8 Å². The quantitative estimate of drug-likeness (QED) is 0.377. The maximum absolute atomic E-state index is 11.5. The van der Waals surface area contributed by atoms with E-state index in [1.54, 1.807) is 0 Å². The Labute approximate surface area is 51.8 Å². The van der Waals surface area contributed by atoms with E-state index in [0.717, 1.165) is 0 Å². The van der Waals surface area contributed by atoms with Gasteiger partial charge in [-0.3, -0.25) is 0 Å². The van der Waals surface area contributed by atoms with Gasteiger partial charge in [-0.1, -0.05) is 0 Å². The molecular formula is C4F6-. The van der Waals surface area contributed by atoms with E-state index in [9.17, 15) is 26.3 Å². The Hall–Kier alpha value is -0.420. The van der Waals surface area contributed by atoms with E-state index in [0.29, 0.717) is 0 Å². The molecule has 0 saturated heterocycles. The van der Waals surface area contributed by atoms with Crippen LogP contribution in [0.4, 0.5) is 26.3 Å². The number of rotatable bonds is 0. The molecule has 0 bridgehead atoms. The summed E-state index contributed by atoms with van der Waals surface area (Å²) in [6.07, 6.45) is 0.132. The van der Waals surface area contributed by atoms with E-state index >= 15 is 0 Å². The topological polar surface area (TPSA) is 0 Å². The van der Waals surface area contributed by atoms with E-state index < -0.39 is 17.8 Å². The van der Waals surface area contributed by atoms with Gasteiger partial charge in [0.25, 0.3) is 0 Å². The van der Waals surface area contributed by atoms with Crippen LogP contribution in [0.3, 0.4) is 0 Å². The average molecular weight is 162 g/mol. The van der Waals surface area contributed by atoms with Crippen LogP contribution in [-0.2, 0) is 0 Å². The van der Waals surface area contributed by atoms with Gasteiger partial charge < -0.3 is 6.42 Å². The van der Waals surface area contributed by atoms with Crippen LogP contribution in [0.25, 0.3) is 0 Å². The largest absolute Gasteiger partial charge is 0.315 e. The third-order valence-electron chi connectivity index (χ3n) is 1.10. The molecule has 0 aliphatic heterocycles. The van der Waals surface area contributed by atoms with Crippen molar-refractivity contribution in [2.24, 2.45) is 0 Å². The molecule has 1 fully saturated rings. The van der Waals surface area contributed by atoms with Gasteiger partial charge in [-0.2, -0.15) is 8.78 Å². The van der Waals surface area contributed by atoms with E-state index in [1.165, 1.54) is 0 Å². The molecule has 1 aliphatic carbocycles. The SMILES string of the molecule is FC1(F)[C-]C(F)(F)C1(F)F. The van der Waals surface area contributed by atoms with Crippen molar-refractivity contribution in [3.05, 3.63) is 6.42 Å². The monoisotopic (exact) mass is 162 g/mol. The first-order chi connectivity index (χ1) is 4.21. The highest BCUT2D eigenvalue weighted by molar-refractivity contribution is 5.23. The molecule has 0 nitrogen and oxygen atoms in total. The van der Waals surface area contributed by atoms with Crippen molar-refractivity contribution in [1.82, 2.24) is 0 Å². The number of hydrogen-bond donors (Lipinski definition) is 0. The van der Waals surface area contributed by atoms with Crippen LogP contribution in [0.5, 0.6) is 0 Å². The summed E-state index contributed by atoms with van der Waals surface area (Å²) in [5, 5.41) is 0. The van der Waals surface area contributed by atoms with E-state index in [-0.39, 0.29) is 6.42 Å². The Kier molecular flexibility index (Phi) is 1.10. The fourth-order valence-corrected chi connectivity index (χ4v) is 0.489. The zero-order chi connectivity index (χ0) is 8.21. The maximum Gasteiger partial charge on any atom is 0.311 e. The van der Waals surface area contributed by atoms with Gasteiger partial charge in [0.2, 0.25) is 0 Å². The van der Waals surface area contributed by atoms with Crippen LogP contribution in [0.2, 0.25) is 0 Å². The molecule has 0 amide bonds. The zero-order valence-electron chi connectivity index (χ0n) is 4.27. The van der Waals surface area contributed by atoms with Crippen LogP contribution in [0.1, 0.15) is 0 Å². The lowest BCUT2D eigenvalue weighted by Crippen LogP contribution is -2.67. The van der Waals surface area contributed by atoms with Gasteiger partial charge in [0.15, 0.2) is 11.8 Å². The van der Waals surface area contributed by atoms with Crippen LogP contribution >= 0.6 is 0 Å². The molecule has 1 aliphatic rings. The average Bonchev–Trinajstić information content (AvgIpc) is 1.61. The Morgan fingerprint density at radius 1 is 0.700 bits per heavy atom. The predicted molar refractivity (Wildman–Crippen MR) is 18.1 cm³/mol. The Morgan fingerprint density at radius 2 is 1.00 bits per heavy atom. The summed E-state index contributed by atoms with van der Waals surface area (Å²) in [5.41, 5.74) is 0. The Morgan fingerprint density at radius 3 is 1.00 bits per heavy atom. The number of halogens is 6. The molecule has 10 heavy (non-hydrogen) atoms.